The maximum Gasteiger partial charge on any atom is 0.265 e. The van der Waals surface area contributed by atoms with Gasteiger partial charge in [-0.1, -0.05) is 18.2 Å². The fourth-order valence-electron chi connectivity index (χ4n) is 2.56. The van der Waals surface area contributed by atoms with Gasteiger partial charge in [0, 0.05) is 22.8 Å². The van der Waals surface area contributed by atoms with Gasteiger partial charge >= 0.3 is 0 Å². The van der Waals surface area contributed by atoms with Gasteiger partial charge in [-0.2, -0.15) is 0 Å². The van der Waals surface area contributed by atoms with Gasteiger partial charge in [0.15, 0.2) is 0 Å². The van der Waals surface area contributed by atoms with E-state index in [0.717, 1.165) is 4.47 Å². The Balaban J connectivity index is 1.57. The third-order valence-electron chi connectivity index (χ3n) is 4.01. The highest BCUT2D eigenvalue weighted by molar-refractivity contribution is 9.10. The summed E-state index contributed by atoms with van der Waals surface area (Å²) in [5, 5.41) is 7.38. The van der Waals surface area contributed by atoms with Crippen LogP contribution in [0.3, 0.4) is 0 Å². The molecule has 0 unspecified atom stereocenters. The predicted molar refractivity (Wildman–Crippen MR) is 118 cm³/mol. The van der Waals surface area contributed by atoms with Crippen molar-refractivity contribution in [2.75, 3.05) is 24.2 Å². The zero-order valence-corrected chi connectivity index (χ0v) is 17.9. The number of carbonyl (C=O) groups excluding carboxylic acids is 3. The van der Waals surface area contributed by atoms with E-state index in [1.54, 1.807) is 43.4 Å². The summed E-state index contributed by atoms with van der Waals surface area (Å²) in [4.78, 5) is 38.8. The maximum absolute atomic E-state index is 12.6. The number of rotatable bonds is 6. The van der Waals surface area contributed by atoms with Crippen molar-refractivity contribution in [2.24, 2.45) is 0 Å². The van der Waals surface area contributed by atoms with Crippen LogP contribution in [0.15, 0.2) is 70.5 Å². The van der Waals surface area contributed by atoms with Gasteiger partial charge in [-0.15, -0.1) is 11.3 Å². The van der Waals surface area contributed by atoms with Crippen LogP contribution >= 0.6 is 27.3 Å². The first-order valence-corrected chi connectivity index (χ1v) is 10.4. The van der Waals surface area contributed by atoms with Crippen molar-refractivity contribution in [1.29, 1.82) is 0 Å². The molecule has 148 valence electrons. The summed E-state index contributed by atoms with van der Waals surface area (Å²) in [7, 11) is 1.56. The molecule has 0 spiro atoms. The van der Waals surface area contributed by atoms with Gasteiger partial charge < -0.3 is 15.5 Å². The highest BCUT2D eigenvalue weighted by atomic mass is 79.9. The second kappa shape index (κ2) is 9.49. The molecule has 0 saturated heterocycles. The number of nitrogens with zero attached hydrogens (tertiary/aromatic N) is 1. The molecule has 3 rings (SSSR count). The van der Waals surface area contributed by atoms with Crippen molar-refractivity contribution >= 4 is 56.4 Å². The molecule has 0 fully saturated rings. The molecule has 0 saturated carbocycles. The molecule has 8 heteroatoms. The Morgan fingerprint density at radius 1 is 0.966 bits per heavy atom. The van der Waals surface area contributed by atoms with E-state index in [4.69, 9.17) is 0 Å². The first kappa shape index (κ1) is 20.8. The minimum Gasteiger partial charge on any atom is -0.332 e. The van der Waals surface area contributed by atoms with Gasteiger partial charge in [0.1, 0.15) is 0 Å². The lowest BCUT2D eigenvalue weighted by molar-refractivity contribution is -0.116. The summed E-state index contributed by atoms with van der Waals surface area (Å²) < 4.78 is 0.766. The van der Waals surface area contributed by atoms with Gasteiger partial charge in [0.25, 0.3) is 11.8 Å². The molecule has 0 radical (unpaired) electrons. The Kier molecular flexibility index (Phi) is 6.79. The van der Waals surface area contributed by atoms with E-state index in [1.807, 2.05) is 29.6 Å². The van der Waals surface area contributed by atoms with Crippen LogP contribution in [0.1, 0.15) is 20.0 Å². The smallest absolute Gasteiger partial charge is 0.265 e. The van der Waals surface area contributed by atoms with Crippen molar-refractivity contribution in [1.82, 2.24) is 4.90 Å². The summed E-state index contributed by atoms with van der Waals surface area (Å²) in [6.45, 7) is -0.0863. The number of halogens is 1. The van der Waals surface area contributed by atoms with E-state index in [0.29, 0.717) is 21.8 Å². The molecule has 2 N–H and O–H groups in total. The molecule has 0 atom stereocenters. The molecule has 1 heterocycles. The van der Waals surface area contributed by atoms with Crippen LogP contribution in [-0.2, 0) is 4.79 Å². The molecule has 0 aliphatic carbocycles. The van der Waals surface area contributed by atoms with Crippen LogP contribution in [0, 0.1) is 0 Å². The SMILES string of the molecule is CN(CC(=O)Nc1ccccc1Br)C(=O)c1ccc(NC(=O)c2cccs2)cc1. The van der Waals surface area contributed by atoms with Gasteiger partial charge in [0.05, 0.1) is 17.1 Å². The number of thiophene rings is 1. The first-order valence-electron chi connectivity index (χ1n) is 8.69. The lowest BCUT2D eigenvalue weighted by Crippen LogP contribution is -2.35. The predicted octanol–water partition coefficient (Wildman–Crippen LogP) is 4.47. The summed E-state index contributed by atoms with van der Waals surface area (Å²) in [5.41, 5.74) is 1.66. The lowest BCUT2D eigenvalue weighted by Gasteiger charge is -2.17. The van der Waals surface area contributed by atoms with E-state index in [9.17, 15) is 14.4 Å². The molecular weight excluding hydrogens is 454 g/mol. The molecule has 1 aromatic heterocycles. The molecule has 29 heavy (non-hydrogen) atoms. The standard InChI is InChI=1S/C21H18BrN3O3S/c1-25(13-19(26)24-17-6-3-2-5-16(17)22)21(28)14-8-10-15(11-9-14)23-20(27)18-7-4-12-29-18/h2-12H,13H2,1H3,(H,23,27)(H,24,26). The van der Waals surface area contributed by atoms with Crippen LogP contribution in [-0.4, -0.2) is 36.2 Å². The van der Waals surface area contributed by atoms with Gasteiger partial charge in [-0.25, -0.2) is 0 Å². The topological polar surface area (TPSA) is 78.5 Å². The minimum absolute atomic E-state index is 0.0863. The van der Waals surface area contributed by atoms with Crippen molar-refractivity contribution in [2.45, 2.75) is 0 Å². The summed E-state index contributed by atoms with van der Waals surface area (Å²) >= 11 is 4.72. The quantitative estimate of drug-likeness (QED) is 0.556. The Labute approximate surface area is 180 Å². The second-order valence-electron chi connectivity index (χ2n) is 6.20. The number of likely N-dealkylation sites (N-methyl/N-ethyl adjacent to an activating group) is 1. The van der Waals surface area contributed by atoms with E-state index in [1.165, 1.54) is 16.2 Å². The van der Waals surface area contributed by atoms with Crippen LogP contribution in [0.5, 0.6) is 0 Å². The second-order valence-corrected chi connectivity index (χ2v) is 8.00. The fourth-order valence-corrected chi connectivity index (χ4v) is 3.56. The van der Waals surface area contributed by atoms with E-state index >= 15 is 0 Å². The zero-order chi connectivity index (χ0) is 20.8. The van der Waals surface area contributed by atoms with Crippen molar-refractivity contribution in [3.8, 4) is 0 Å². The number of carbonyl (C=O) groups is 3. The van der Waals surface area contributed by atoms with Crippen molar-refractivity contribution in [3.05, 3.63) is 81.0 Å². The molecule has 0 aliphatic rings. The minimum atomic E-state index is -0.299. The average Bonchev–Trinajstić information content (AvgIpc) is 3.25. The zero-order valence-electron chi connectivity index (χ0n) is 15.5. The number of hydrogen-bond acceptors (Lipinski definition) is 4. The Bertz CT molecular complexity index is 1020. The third-order valence-corrected chi connectivity index (χ3v) is 5.57. The highest BCUT2D eigenvalue weighted by Crippen LogP contribution is 2.21. The van der Waals surface area contributed by atoms with Gasteiger partial charge in [0.2, 0.25) is 5.91 Å². The summed E-state index contributed by atoms with van der Waals surface area (Å²) in [6.07, 6.45) is 0. The van der Waals surface area contributed by atoms with Crippen molar-refractivity contribution < 1.29 is 14.4 Å². The molecule has 2 aromatic carbocycles. The monoisotopic (exact) mass is 471 g/mol. The normalized spacial score (nSPS) is 10.3. The van der Waals surface area contributed by atoms with Gasteiger partial charge in [-0.05, 0) is 63.8 Å². The average molecular weight is 472 g/mol. The number of benzene rings is 2. The molecule has 6 nitrogen and oxygen atoms in total. The van der Waals surface area contributed by atoms with Crippen LogP contribution in [0.2, 0.25) is 0 Å². The Morgan fingerprint density at radius 3 is 2.34 bits per heavy atom. The molecule has 0 aliphatic heterocycles. The van der Waals surface area contributed by atoms with Crippen LogP contribution in [0.4, 0.5) is 11.4 Å². The van der Waals surface area contributed by atoms with Gasteiger partial charge in [-0.3, -0.25) is 14.4 Å². The number of para-hydroxylation sites is 1. The Morgan fingerprint density at radius 2 is 1.69 bits per heavy atom. The number of anilines is 2. The van der Waals surface area contributed by atoms with Crippen LogP contribution in [0.25, 0.3) is 0 Å². The van der Waals surface area contributed by atoms with E-state index in [-0.39, 0.29) is 24.3 Å². The third kappa shape index (κ3) is 5.52. The summed E-state index contributed by atoms with van der Waals surface area (Å²) in [5.74, 6) is -0.782. The Hall–Kier alpha value is -2.97. The molecule has 3 aromatic rings. The summed E-state index contributed by atoms with van der Waals surface area (Å²) in [6, 6.07) is 17.4. The first-order chi connectivity index (χ1) is 13.9. The van der Waals surface area contributed by atoms with Crippen molar-refractivity contribution in [3.63, 3.8) is 0 Å². The number of hydrogen-bond donors (Lipinski definition) is 2. The molecular formula is C21H18BrN3O3S. The molecule has 0 bridgehead atoms. The fraction of sp³-hybridized carbons (Fsp3) is 0.0952. The van der Waals surface area contributed by atoms with E-state index < -0.39 is 0 Å². The lowest BCUT2D eigenvalue weighted by atomic mass is 10.2. The maximum atomic E-state index is 12.6. The highest BCUT2D eigenvalue weighted by Gasteiger charge is 2.16. The largest absolute Gasteiger partial charge is 0.332 e. The number of amides is 3. The van der Waals surface area contributed by atoms with E-state index in [2.05, 4.69) is 26.6 Å². The molecule has 3 amide bonds. The van der Waals surface area contributed by atoms with Crippen LogP contribution < -0.4 is 10.6 Å². The number of nitrogens with one attached hydrogen (secondary N) is 2.